The van der Waals surface area contributed by atoms with Crippen molar-refractivity contribution in [3.8, 4) is 0 Å². The van der Waals surface area contributed by atoms with Crippen molar-refractivity contribution in [3.63, 3.8) is 0 Å². The number of amides is 1. The molecule has 37 heavy (non-hydrogen) atoms. The maximum Gasteiger partial charge on any atom is 0.262 e. The summed E-state index contributed by atoms with van der Waals surface area (Å²) in [5.74, 6) is -3.93. The fourth-order valence-electron chi connectivity index (χ4n) is 6.17. The van der Waals surface area contributed by atoms with Crippen LogP contribution in [0.5, 0.6) is 0 Å². The highest BCUT2D eigenvalue weighted by Gasteiger charge is 2.46. The van der Waals surface area contributed by atoms with E-state index < -0.39 is 23.4 Å². The number of piperidine rings is 1. The predicted octanol–water partition coefficient (Wildman–Crippen LogP) is 4.11. The van der Waals surface area contributed by atoms with E-state index in [0.717, 1.165) is 18.4 Å². The molecule has 2 atom stereocenters. The Balaban J connectivity index is 1.14. The van der Waals surface area contributed by atoms with E-state index in [4.69, 9.17) is 0 Å². The molecule has 6 rings (SSSR count). The van der Waals surface area contributed by atoms with Gasteiger partial charge in [0.05, 0.1) is 17.5 Å². The Hall–Kier alpha value is -3.07. The van der Waals surface area contributed by atoms with E-state index in [1.165, 1.54) is 10.9 Å². The van der Waals surface area contributed by atoms with Crippen molar-refractivity contribution in [3.05, 3.63) is 64.8 Å². The number of fused-ring (bicyclic) bond motifs is 1. The Labute approximate surface area is 213 Å². The summed E-state index contributed by atoms with van der Waals surface area (Å²) in [5.41, 5.74) is 0.131. The summed E-state index contributed by atoms with van der Waals surface area (Å²) < 4.78 is 32.1. The summed E-state index contributed by atoms with van der Waals surface area (Å²) in [6.07, 6.45) is 5.76. The maximum absolute atomic E-state index is 14.3. The molecule has 1 saturated heterocycles. The smallest absolute Gasteiger partial charge is 0.262 e. The molecule has 3 heterocycles. The van der Waals surface area contributed by atoms with Gasteiger partial charge in [0.25, 0.3) is 5.56 Å². The Morgan fingerprint density at radius 1 is 1.05 bits per heavy atom. The molecule has 2 saturated carbocycles. The quantitative estimate of drug-likeness (QED) is 0.560. The molecule has 1 N–H and O–H groups in total. The number of rotatable bonds is 5. The predicted molar refractivity (Wildman–Crippen MR) is 134 cm³/mol. The lowest BCUT2D eigenvalue weighted by atomic mass is 9.73. The molecule has 196 valence electrons. The molecule has 3 aliphatic rings. The lowest BCUT2D eigenvalue weighted by Gasteiger charge is -2.42. The summed E-state index contributed by atoms with van der Waals surface area (Å²) in [6.45, 7) is 0.756. The number of aliphatic hydroxyl groups is 1. The normalized spacial score (nSPS) is 25.3. The number of aromatic nitrogens is 3. The van der Waals surface area contributed by atoms with Crippen molar-refractivity contribution in [2.45, 2.75) is 75.0 Å². The highest BCUT2D eigenvalue weighted by molar-refractivity contribution is 5.80. The lowest BCUT2D eigenvalue weighted by Crippen LogP contribution is -2.52. The third-order valence-corrected chi connectivity index (χ3v) is 8.48. The first-order valence-electron chi connectivity index (χ1n) is 13.2. The standard InChI is InChI=1S/C28H32F2N4O3/c29-28(30)10-8-21(23(16-28)19-4-2-1-3-5-19)25(35)32-14-11-27(37,12-15-32)17-33-18-31-24-22(26(33)36)9-13-34(24)20-6-7-20/h1-5,9,13,18,20-21,23,37H,6-8,10-12,14-17H2. The van der Waals surface area contributed by atoms with Gasteiger partial charge in [-0.05, 0) is 43.7 Å². The Morgan fingerprint density at radius 2 is 1.78 bits per heavy atom. The summed E-state index contributed by atoms with van der Waals surface area (Å²) in [6, 6.07) is 11.3. The van der Waals surface area contributed by atoms with Gasteiger partial charge in [-0.15, -0.1) is 0 Å². The first-order chi connectivity index (χ1) is 17.7. The van der Waals surface area contributed by atoms with Crippen LogP contribution in [0, 0.1) is 5.92 Å². The number of carbonyl (C=O) groups is 1. The first kappa shape index (κ1) is 24.3. The monoisotopic (exact) mass is 510 g/mol. The van der Waals surface area contributed by atoms with Crippen molar-refractivity contribution in [1.82, 2.24) is 19.0 Å². The number of alkyl halides is 2. The number of halogens is 2. The second-order valence-corrected chi connectivity index (χ2v) is 11.1. The second kappa shape index (κ2) is 9.04. The molecule has 7 nitrogen and oxygen atoms in total. The van der Waals surface area contributed by atoms with E-state index in [9.17, 15) is 23.5 Å². The van der Waals surface area contributed by atoms with E-state index in [-0.39, 0.29) is 37.3 Å². The third kappa shape index (κ3) is 4.69. The molecule has 0 bridgehead atoms. The molecule has 0 spiro atoms. The average molecular weight is 511 g/mol. The topological polar surface area (TPSA) is 80.4 Å². The molecular weight excluding hydrogens is 478 g/mol. The number of hydrogen-bond acceptors (Lipinski definition) is 4. The van der Waals surface area contributed by atoms with Gasteiger partial charge in [-0.3, -0.25) is 14.2 Å². The van der Waals surface area contributed by atoms with Crippen LogP contribution in [0.2, 0.25) is 0 Å². The Bertz CT molecular complexity index is 1360. The van der Waals surface area contributed by atoms with Gasteiger partial charge in [0.15, 0.2) is 0 Å². The van der Waals surface area contributed by atoms with Gasteiger partial charge < -0.3 is 14.6 Å². The Kier molecular flexibility index (Phi) is 5.93. The zero-order valence-corrected chi connectivity index (χ0v) is 20.7. The van der Waals surface area contributed by atoms with Crippen LogP contribution in [-0.2, 0) is 11.3 Å². The van der Waals surface area contributed by atoms with E-state index >= 15 is 0 Å². The van der Waals surface area contributed by atoms with Crippen molar-refractivity contribution >= 4 is 16.9 Å². The minimum Gasteiger partial charge on any atom is -0.388 e. The van der Waals surface area contributed by atoms with Gasteiger partial charge in [-0.1, -0.05) is 30.3 Å². The van der Waals surface area contributed by atoms with Crippen molar-refractivity contribution in [2.75, 3.05) is 13.1 Å². The van der Waals surface area contributed by atoms with Crippen LogP contribution in [0.4, 0.5) is 8.78 Å². The molecular formula is C28H32F2N4O3. The van der Waals surface area contributed by atoms with Crippen molar-refractivity contribution < 1.29 is 18.7 Å². The highest BCUT2D eigenvalue weighted by atomic mass is 19.3. The van der Waals surface area contributed by atoms with Crippen molar-refractivity contribution in [1.29, 1.82) is 0 Å². The van der Waals surface area contributed by atoms with Crippen LogP contribution in [0.3, 0.4) is 0 Å². The van der Waals surface area contributed by atoms with Gasteiger partial charge in [-0.2, -0.15) is 0 Å². The summed E-state index contributed by atoms with van der Waals surface area (Å²) >= 11 is 0. The largest absolute Gasteiger partial charge is 0.388 e. The fraction of sp³-hybridized carbons (Fsp3) is 0.536. The molecule has 1 aliphatic heterocycles. The minimum absolute atomic E-state index is 0.105. The molecule has 1 aromatic carbocycles. The molecule has 2 aliphatic carbocycles. The van der Waals surface area contributed by atoms with Crippen LogP contribution in [0.15, 0.2) is 53.7 Å². The minimum atomic E-state index is -2.78. The molecule has 1 amide bonds. The van der Waals surface area contributed by atoms with E-state index in [2.05, 4.69) is 4.98 Å². The van der Waals surface area contributed by atoms with Gasteiger partial charge >= 0.3 is 0 Å². The van der Waals surface area contributed by atoms with Gasteiger partial charge in [-0.25, -0.2) is 13.8 Å². The van der Waals surface area contributed by atoms with Crippen molar-refractivity contribution in [2.24, 2.45) is 5.92 Å². The average Bonchev–Trinajstić information content (AvgIpc) is 3.64. The summed E-state index contributed by atoms with van der Waals surface area (Å²) in [7, 11) is 0. The van der Waals surface area contributed by atoms with Gasteiger partial charge in [0, 0.05) is 50.0 Å². The molecule has 3 fully saturated rings. The molecule has 0 radical (unpaired) electrons. The number of likely N-dealkylation sites (tertiary alicyclic amines) is 1. The van der Waals surface area contributed by atoms with E-state index in [0.29, 0.717) is 43.0 Å². The van der Waals surface area contributed by atoms with E-state index in [1.54, 1.807) is 11.0 Å². The molecule has 2 unspecified atom stereocenters. The highest BCUT2D eigenvalue weighted by Crippen LogP contribution is 2.46. The van der Waals surface area contributed by atoms with Crippen LogP contribution in [-0.4, -0.2) is 54.6 Å². The zero-order chi connectivity index (χ0) is 25.8. The fourth-order valence-corrected chi connectivity index (χ4v) is 6.17. The molecule has 9 heteroatoms. The van der Waals surface area contributed by atoms with E-state index in [1.807, 2.05) is 41.1 Å². The van der Waals surface area contributed by atoms with Gasteiger partial charge in [0.1, 0.15) is 12.0 Å². The lowest BCUT2D eigenvalue weighted by molar-refractivity contribution is -0.145. The number of benzene rings is 1. The number of carbonyl (C=O) groups excluding carboxylic acids is 1. The van der Waals surface area contributed by atoms with Crippen LogP contribution < -0.4 is 5.56 Å². The van der Waals surface area contributed by atoms with Crippen LogP contribution >= 0.6 is 0 Å². The van der Waals surface area contributed by atoms with Crippen LogP contribution in [0.1, 0.15) is 62.5 Å². The maximum atomic E-state index is 14.3. The summed E-state index contributed by atoms with van der Waals surface area (Å²) in [5, 5.41) is 11.9. The number of hydrogen-bond donors (Lipinski definition) is 1. The van der Waals surface area contributed by atoms with Gasteiger partial charge in [0.2, 0.25) is 11.8 Å². The number of nitrogens with zero attached hydrogens (tertiary/aromatic N) is 4. The first-order valence-corrected chi connectivity index (χ1v) is 13.2. The Morgan fingerprint density at radius 3 is 2.49 bits per heavy atom. The second-order valence-electron chi connectivity index (χ2n) is 11.1. The molecule has 2 aromatic heterocycles. The SMILES string of the molecule is O=C(C1CCC(F)(F)CC1c1ccccc1)N1CCC(O)(Cn2cnc3c(ccn3C3CC3)c2=O)CC1. The zero-order valence-electron chi connectivity index (χ0n) is 20.7. The molecule has 3 aromatic rings. The van der Waals surface area contributed by atoms with Crippen LogP contribution in [0.25, 0.3) is 11.0 Å². The third-order valence-electron chi connectivity index (χ3n) is 8.48. The summed E-state index contributed by atoms with van der Waals surface area (Å²) in [4.78, 5) is 32.8.